The first kappa shape index (κ1) is 23.2. The first-order chi connectivity index (χ1) is 14.9. The molecule has 1 aliphatic heterocycles. The predicted molar refractivity (Wildman–Crippen MR) is 127 cm³/mol. The van der Waals surface area contributed by atoms with Gasteiger partial charge in [-0.05, 0) is 75.4 Å². The molecule has 0 unspecified atom stereocenters. The van der Waals surface area contributed by atoms with Crippen molar-refractivity contribution < 1.29 is 14.3 Å². The predicted octanol–water partition coefficient (Wildman–Crippen LogP) is 4.94. The van der Waals surface area contributed by atoms with E-state index >= 15 is 0 Å². The van der Waals surface area contributed by atoms with E-state index in [1.165, 1.54) is 6.42 Å². The molecule has 3 rings (SSSR count). The summed E-state index contributed by atoms with van der Waals surface area (Å²) in [6.45, 7) is 9.05. The number of nitrogens with zero attached hydrogens (tertiary/aromatic N) is 1. The number of carbonyl (C=O) groups is 1. The first-order valence-electron chi connectivity index (χ1n) is 10.9. The van der Waals surface area contributed by atoms with Crippen LogP contribution < -0.4 is 25.4 Å². The summed E-state index contributed by atoms with van der Waals surface area (Å²) in [5.41, 5.74) is 9.46. The maximum Gasteiger partial charge on any atom is 0.255 e. The van der Waals surface area contributed by atoms with Gasteiger partial charge in [-0.3, -0.25) is 4.79 Å². The number of aryl methyl sites for hydroxylation is 2. The maximum absolute atomic E-state index is 13.1. The van der Waals surface area contributed by atoms with E-state index < -0.39 is 0 Å². The number of ether oxygens (including phenoxy) is 2. The lowest BCUT2D eigenvalue weighted by Gasteiger charge is -2.30. The van der Waals surface area contributed by atoms with Gasteiger partial charge in [-0.25, -0.2) is 0 Å². The Labute approximate surface area is 189 Å². The van der Waals surface area contributed by atoms with Gasteiger partial charge in [0.1, 0.15) is 12.4 Å². The zero-order valence-corrected chi connectivity index (χ0v) is 19.3. The van der Waals surface area contributed by atoms with Gasteiger partial charge in [-0.1, -0.05) is 11.6 Å². The van der Waals surface area contributed by atoms with E-state index in [0.717, 1.165) is 48.5 Å². The summed E-state index contributed by atoms with van der Waals surface area (Å²) in [6, 6.07) is 7.53. The average molecular weight is 446 g/mol. The van der Waals surface area contributed by atoms with Crippen molar-refractivity contribution in [3.05, 3.63) is 46.0 Å². The summed E-state index contributed by atoms with van der Waals surface area (Å²) in [5.74, 6) is 1.05. The van der Waals surface area contributed by atoms with E-state index in [0.29, 0.717) is 41.8 Å². The molecule has 1 aliphatic rings. The van der Waals surface area contributed by atoms with Crippen LogP contribution in [0.4, 0.5) is 11.4 Å². The monoisotopic (exact) mass is 445 g/mol. The third-order valence-electron chi connectivity index (χ3n) is 5.37. The number of hydrogen-bond donors (Lipinski definition) is 2. The largest absolute Gasteiger partial charge is 0.492 e. The molecule has 0 saturated carbocycles. The van der Waals surface area contributed by atoms with Crippen LogP contribution in [0.1, 0.15) is 47.7 Å². The van der Waals surface area contributed by atoms with Crippen molar-refractivity contribution >= 4 is 28.9 Å². The van der Waals surface area contributed by atoms with Crippen molar-refractivity contribution in [2.24, 2.45) is 5.73 Å². The van der Waals surface area contributed by atoms with Crippen LogP contribution in [0.5, 0.6) is 11.5 Å². The summed E-state index contributed by atoms with van der Waals surface area (Å²) >= 11 is 6.55. The molecule has 3 N–H and O–H groups in total. The highest BCUT2D eigenvalue weighted by Gasteiger charge is 2.19. The van der Waals surface area contributed by atoms with Crippen LogP contribution in [0.15, 0.2) is 24.3 Å². The lowest BCUT2D eigenvalue weighted by atomic mass is 10.0. The molecule has 1 fully saturated rings. The molecule has 0 aromatic heterocycles. The fourth-order valence-corrected chi connectivity index (χ4v) is 4.23. The Balaban J connectivity index is 1.89. The smallest absolute Gasteiger partial charge is 0.255 e. The zero-order chi connectivity index (χ0) is 22.4. The third-order valence-corrected chi connectivity index (χ3v) is 5.65. The lowest BCUT2D eigenvalue weighted by molar-refractivity contribution is 0.102. The summed E-state index contributed by atoms with van der Waals surface area (Å²) in [5, 5.41) is 3.51. The molecule has 2 aromatic rings. The molecular formula is C24H32ClN3O3. The first-order valence-corrected chi connectivity index (χ1v) is 11.3. The second-order valence-corrected chi connectivity index (χ2v) is 8.22. The van der Waals surface area contributed by atoms with E-state index in [1.54, 1.807) is 0 Å². The van der Waals surface area contributed by atoms with Gasteiger partial charge in [0.15, 0.2) is 5.75 Å². The lowest BCUT2D eigenvalue weighted by Crippen LogP contribution is -2.29. The SMILES string of the molecule is CCOc1c(Cl)cc(N2CCCCC2)cc1NC(=O)c1cc(C)c(OCCN)c(C)c1. The summed E-state index contributed by atoms with van der Waals surface area (Å²) in [7, 11) is 0. The number of carbonyl (C=O) groups excluding carboxylic acids is 1. The minimum absolute atomic E-state index is 0.218. The van der Waals surface area contributed by atoms with E-state index in [4.69, 9.17) is 26.8 Å². The van der Waals surface area contributed by atoms with Crippen molar-refractivity contribution in [2.45, 2.75) is 40.0 Å². The van der Waals surface area contributed by atoms with Crippen LogP contribution in [0, 0.1) is 13.8 Å². The van der Waals surface area contributed by atoms with E-state index in [-0.39, 0.29) is 5.91 Å². The van der Waals surface area contributed by atoms with Crippen LogP contribution in [0.25, 0.3) is 0 Å². The Bertz CT molecular complexity index is 904. The van der Waals surface area contributed by atoms with Crippen molar-refractivity contribution in [1.29, 1.82) is 0 Å². The van der Waals surface area contributed by atoms with Gasteiger partial charge in [-0.2, -0.15) is 0 Å². The molecular weight excluding hydrogens is 414 g/mol. The number of hydrogen-bond acceptors (Lipinski definition) is 5. The van der Waals surface area contributed by atoms with Gasteiger partial charge in [0.2, 0.25) is 0 Å². The van der Waals surface area contributed by atoms with Crippen LogP contribution in [0.3, 0.4) is 0 Å². The standard InChI is InChI=1S/C24H32ClN3O3/c1-4-30-23-20(25)14-19(28-9-6-5-7-10-28)15-21(23)27-24(29)18-12-16(2)22(17(3)13-18)31-11-8-26/h12-15H,4-11,26H2,1-3H3,(H,27,29). The van der Waals surface area contributed by atoms with Crippen molar-refractivity contribution in [2.75, 3.05) is 43.1 Å². The maximum atomic E-state index is 13.1. The third kappa shape index (κ3) is 5.63. The number of nitrogens with one attached hydrogen (secondary N) is 1. The van der Waals surface area contributed by atoms with Crippen LogP contribution in [0.2, 0.25) is 5.02 Å². The molecule has 7 heteroatoms. The molecule has 0 aliphatic carbocycles. The van der Waals surface area contributed by atoms with Gasteiger partial charge < -0.3 is 25.4 Å². The van der Waals surface area contributed by atoms with Crippen molar-refractivity contribution in [3.63, 3.8) is 0 Å². The van der Waals surface area contributed by atoms with Gasteiger partial charge >= 0.3 is 0 Å². The molecule has 1 heterocycles. The average Bonchev–Trinajstić information content (AvgIpc) is 2.76. The normalized spacial score (nSPS) is 13.8. The molecule has 0 radical (unpaired) electrons. The Hall–Kier alpha value is -2.44. The molecule has 0 spiro atoms. The molecule has 0 atom stereocenters. The highest BCUT2D eigenvalue weighted by Crippen LogP contribution is 2.39. The number of nitrogens with two attached hydrogens (primary N) is 1. The fraction of sp³-hybridized carbons (Fsp3) is 0.458. The summed E-state index contributed by atoms with van der Waals surface area (Å²) in [6.07, 6.45) is 3.56. The molecule has 6 nitrogen and oxygen atoms in total. The number of anilines is 2. The highest BCUT2D eigenvalue weighted by molar-refractivity contribution is 6.33. The minimum atomic E-state index is -0.218. The number of halogens is 1. The van der Waals surface area contributed by atoms with Gasteiger partial charge in [-0.15, -0.1) is 0 Å². The number of amides is 1. The zero-order valence-electron chi connectivity index (χ0n) is 18.6. The number of rotatable bonds is 8. The second-order valence-electron chi connectivity index (χ2n) is 7.82. The molecule has 1 amide bonds. The Morgan fingerprint density at radius 3 is 2.35 bits per heavy atom. The number of piperidine rings is 1. The summed E-state index contributed by atoms with van der Waals surface area (Å²) in [4.78, 5) is 15.4. The second kappa shape index (κ2) is 10.7. The van der Waals surface area contributed by atoms with Crippen LogP contribution in [-0.4, -0.2) is 38.8 Å². The molecule has 31 heavy (non-hydrogen) atoms. The fourth-order valence-electron chi connectivity index (χ4n) is 3.96. The van der Waals surface area contributed by atoms with Gasteiger partial charge in [0.25, 0.3) is 5.91 Å². The van der Waals surface area contributed by atoms with E-state index in [1.807, 2.05) is 45.0 Å². The molecule has 0 bridgehead atoms. The minimum Gasteiger partial charge on any atom is -0.492 e. The quantitative estimate of drug-likeness (QED) is 0.602. The van der Waals surface area contributed by atoms with Crippen LogP contribution in [-0.2, 0) is 0 Å². The van der Waals surface area contributed by atoms with Gasteiger partial charge in [0, 0.05) is 30.9 Å². The molecule has 1 saturated heterocycles. The highest BCUT2D eigenvalue weighted by atomic mass is 35.5. The number of benzene rings is 2. The van der Waals surface area contributed by atoms with E-state index in [2.05, 4.69) is 10.2 Å². The topological polar surface area (TPSA) is 76.8 Å². The Morgan fingerprint density at radius 1 is 1.06 bits per heavy atom. The van der Waals surface area contributed by atoms with E-state index in [9.17, 15) is 4.79 Å². The summed E-state index contributed by atoms with van der Waals surface area (Å²) < 4.78 is 11.5. The molecule has 2 aromatic carbocycles. The Morgan fingerprint density at radius 2 is 1.74 bits per heavy atom. The van der Waals surface area contributed by atoms with Crippen LogP contribution >= 0.6 is 11.6 Å². The molecule has 168 valence electrons. The van der Waals surface area contributed by atoms with Crippen molar-refractivity contribution in [3.8, 4) is 11.5 Å². The Kier molecular flexibility index (Phi) is 8.04. The van der Waals surface area contributed by atoms with Gasteiger partial charge in [0.05, 0.1) is 17.3 Å². The van der Waals surface area contributed by atoms with Crippen molar-refractivity contribution in [1.82, 2.24) is 0 Å².